The minimum atomic E-state index is -0.748. The van der Waals surface area contributed by atoms with Crippen molar-refractivity contribution in [2.45, 2.75) is 90.6 Å². The zero-order valence-corrected chi connectivity index (χ0v) is 25.8. The van der Waals surface area contributed by atoms with Crippen molar-refractivity contribution in [3.8, 4) is 0 Å². The highest BCUT2D eigenvalue weighted by Crippen LogP contribution is 2.51. The number of thioether (sulfide) groups is 1. The normalized spacial score (nSPS) is 21.6. The number of hydrogen-bond acceptors (Lipinski definition) is 6. The number of ether oxygens (including phenoxy) is 1. The highest BCUT2D eigenvalue weighted by atomic mass is 32.2. The van der Waals surface area contributed by atoms with Crippen LogP contribution in [0.15, 0.2) is 42.0 Å². The second kappa shape index (κ2) is 12.7. The zero-order valence-electron chi connectivity index (χ0n) is 25.0. The Balaban J connectivity index is 2.33. The van der Waals surface area contributed by atoms with Gasteiger partial charge in [0, 0.05) is 17.4 Å². The molecule has 1 aliphatic heterocycles. The molecule has 2 amide bonds. The molecule has 0 saturated carbocycles. The number of rotatable bonds is 9. The van der Waals surface area contributed by atoms with Crippen LogP contribution in [-0.4, -0.2) is 71.2 Å². The molecule has 1 saturated heterocycles. The molecular formula is C30H47N3O4S. The van der Waals surface area contributed by atoms with E-state index >= 15 is 0 Å². The lowest BCUT2D eigenvalue weighted by atomic mass is 9.84. The van der Waals surface area contributed by atoms with Gasteiger partial charge >= 0.3 is 5.97 Å². The molecule has 7 nitrogen and oxygen atoms in total. The molecule has 1 fully saturated rings. The molecule has 8 heteroatoms. The van der Waals surface area contributed by atoms with Crippen LogP contribution < -0.4 is 5.32 Å². The third kappa shape index (κ3) is 7.41. The lowest BCUT2D eigenvalue weighted by molar-refractivity contribution is -0.141. The molecule has 1 aliphatic rings. The van der Waals surface area contributed by atoms with Crippen LogP contribution in [0.3, 0.4) is 0 Å². The number of esters is 1. The van der Waals surface area contributed by atoms with Gasteiger partial charge in [-0.05, 0) is 51.6 Å². The first-order valence-electron chi connectivity index (χ1n) is 13.4. The van der Waals surface area contributed by atoms with Crippen LogP contribution in [-0.2, 0) is 19.1 Å². The number of hydrogen-bond donors (Lipinski definition) is 1. The van der Waals surface area contributed by atoms with Gasteiger partial charge in [0.05, 0.1) is 18.0 Å². The third-order valence-electron chi connectivity index (χ3n) is 7.08. The second-order valence-corrected chi connectivity index (χ2v) is 13.8. The minimum Gasteiger partial charge on any atom is -0.463 e. The van der Waals surface area contributed by atoms with E-state index in [1.165, 1.54) is 0 Å². The molecule has 0 radical (unpaired) electrons. The van der Waals surface area contributed by atoms with E-state index in [1.54, 1.807) is 43.6 Å². The van der Waals surface area contributed by atoms with Crippen molar-refractivity contribution >= 4 is 29.5 Å². The summed E-state index contributed by atoms with van der Waals surface area (Å²) in [6.07, 6.45) is 1.79. The highest BCUT2D eigenvalue weighted by molar-refractivity contribution is 8.01. The topological polar surface area (TPSA) is 79.0 Å². The van der Waals surface area contributed by atoms with Crippen molar-refractivity contribution in [2.24, 2.45) is 11.3 Å². The summed E-state index contributed by atoms with van der Waals surface area (Å²) in [5.41, 5.74) is 1.07. The summed E-state index contributed by atoms with van der Waals surface area (Å²) in [6.45, 7) is 17.8. The van der Waals surface area contributed by atoms with Gasteiger partial charge in [-0.25, -0.2) is 4.79 Å². The molecule has 4 atom stereocenters. The number of carbonyl (C=O) groups is 3. The van der Waals surface area contributed by atoms with Gasteiger partial charge in [0.15, 0.2) is 0 Å². The molecule has 0 spiro atoms. The lowest BCUT2D eigenvalue weighted by Crippen LogP contribution is -2.60. The Bertz CT molecular complexity index is 1020. The number of carbonyl (C=O) groups excluding carboxylic acids is 3. The maximum absolute atomic E-state index is 13.9. The molecule has 0 aromatic heterocycles. The summed E-state index contributed by atoms with van der Waals surface area (Å²) in [5, 5.41) is 3.17. The third-order valence-corrected chi connectivity index (χ3v) is 8.74. The van der Waals surface area contributed by atoms with Crippen LogP contribution in [0.4, 0.5) is 0 Å². The van der Waals surface area contributed by atoms with Gasteiger partial charge in [0.2, 0.25) is 11.8 Å². The van der Waals surface area contributed by atoms with Crippen molar-refractivity contribution in [1.82, 2.24) is 15.1 Å². The standard InChI is InChI=1S/C30H47N3O4S/c1-12-37-28(36)20(4)18-22(19(2)3)32(10)26(35)23(29(5,6)7)31-25(34)24-30(8,9)38-27(33(24)11)21-16-14-13-15-17-21/h13-19,22-24,27H,12H2,1-11H3,(H,31,34)/t22-,23?,24?,27?/m1/s1. The summed E-state index contributed by atoms with van der Waals surface area (Å²) >= 11 is 1.76. The Morgan fingerprint density at radius 3 is 2.26 bits per heavy atom. The minimum absolute atomic E-state index is 0.0368. The van der Waals surface area contributed by atoms with Gasteiger partial charge in [0.1, 0.15) is 12.1 Å². The summed E-state index contributed by atoms with van der Waals surface area (Å²) in [6, 6.07) is 8.67. The Morgan fingerprint density at radius 2 is 1.76 bits per heavy atom. The molecule has 2 rings (SSSR count). The molecule has 1 heterocycles. The molecule has 1 N–H and O–H groups in total. The van der Waals surface area contributed by atoms with Crippen LogP contribution in [0, 0.1) is 11.3 Å². The first-order valence-corrected chi connectivity index (χ1v) is 14.3. The predicted octanol–water partition coefficient (Wildman–Crippen LogP) is 5.03. The van der Waals surface area contributed by atoms with E-state index in [4.69, 9.17) is 4.74 Å². The predicted molar refractivity (Wildman–Crippen MR) is 156 cm³/mol. The number of nitrogens with one attached hydrogen (secondary N) is 1. The first-order chi connectivity index (χ1) is 17.5. The SMILES string of the molecule is CCOC(=O)C(C)=C[C@H](C(C)C)N(C)C(=O)C(NC(=O)C1N(C)C(c2ccccc2)SC1(C)C)C(C)(C)C. The lowest BCUT2D eigenvalue weighted by Gasteiger charge is -2.39. The van der Waals surface area contributed by atoms with E-state index in [9.17, 15) is 14.4 Å². The fourth-order valence-corrected chi connectivity index (χ4v) is 6.58. The quantitative estimate of drug-likeness (QED) is 0.346. The molecule has 1 aromatic carbocycles. The van der Waals surface area contributed by atoms with Gasteiger partial charge < -0.3 is 15.0 Å². The van der Waals surface area contributed by atoms with E-state index in [1.807, 2.05) is 59.9 Å². The van der Waals surface area contributed by atoms with Crippen molar-refractivity contribution in [3.63, 3.8) is 0 Å². The van der Waals surface area contributed by atoms with Crippen molar-refractivity contribution in [2.75, 3.05) is 20.7 Å². The molecule has 212 valence electrons. The summed E-state index contributed by atoms with van der Waals surface area (Å²) < 4.78 is 4.77. The van der Waals surface area contributed by atoms with E-state index in [-0.39, 0.29) is 33.9 Å². The van der Waals surface area contributed by atoms with Crippen LogP contribution in [0.25, 0.3) is 0 Å². The fraction of sp³-hybridized carbons (Fsp3) is 0.633. The average Bonchev–Trinajstić information content (AvgIpc) is 3.07. The summed E-state index contributed by atoms with van der Waals surface area (Å²) in [4.78, 5) is 43.8. The number of likely N-dealkylation sites (N-methyl/N-ethyl adjacent to an activating group) is 2. The van der Waals surface area contributed by atoms with Gasteiger partial charge in [0.25, 0.3) is 0 Å². The average molecular weight is 546 g/mol. The number of nitrogens with zero attached hydrogens (tertiary/aromatic N) is 2. The number of benzene rings is 1. The van der Waals surface area contributed by atoms with Crippen LogP contribution in [0.2, 0.25) is 0 Å². The largest absolute Gasteiger partial charge is 0.463 e. The first kappa shape index (κ1) is 31.9. The summed E-state index contributed by atoms with van der Waals surface area (Å²) in [5.74, 6) is -0.697. The highest BCUT2D eigenvalue weighted by Gasteiger charge is 2.51. The van der Waals surface area contributed by atoms with Crippen molar-refractivity contribution < 1.29 is 19.1 Å². The molecule has 0 aliphatic carbocycles. The van der Waals surface area contributed by atoms with Crippen LogP contribution >= 0.6 is 11.8 Å². The number of amides is 2. The van der Waals surface area contributed by atoms with Crippen molar-refractivity contribution in [1.29, 1.82) is 0 Å². The van der Waals surface area contributed by atoms with E-state index in [2.05, 4.69) is 36.2 Å². The van der Waals surface area contributed by atoms with E-state index in [0.717, 1.165) is 5.56 Å². The Labute approximate surface area is 233 Å². The fourth-order valence-electron chi connectivity index (χ4n) is 5.02. The molecule has 38 heavy (non-hydrogen) atoms. The van der Waals surface area contributed by atoms with Crippen LogP contribution in [0.1, 0.15) is 73.3 Å². The van der Waals surface area contributed by atoms with Gasteiger partial charge in [-0.3, -0.25) is 14.5 Å². The molecule has 3 unspecified atom stereocenters. The maximum Gasteiger partial charge on any atom is 0.333 e. The van der Waals surface area contributed by atoms with Gasteiger partial charge in [-0.2, -0.15) is 0 Å². The maximum atomic E-state index is 13.9. The Morgan fingerprint density at radius 1 is 1.18 bits per heavy atom. The second-order valence-electron chi connectivity index (χ2n) is 12.1. The van der Waals surface area contributed by atoms with Crippen LogP contribution in [0.5, 0.6) is 0 Å². The Kier molecular flexibility index (Phi) is 10.7. The Hall–Kier alpha value is -2.32. The van der Waals surface area contributed by atoms with Gasteiger partial charge in [-0.15, -0.1) is 11.8 Å². The molecular weight excluding hydrogens is 498 g/mol. The van der Waals surface area contributed by atoms with Crippen molar-refractivity contribution in [3.05, 3.63) is 47.5 Å². The molecule has 1 aromatic rings. The monoisotopic (exact) mass is 545 g/mol. The molecule has 0 bridgehead atoms. The zero-order chi connectivity index (χ0) is 29.0. The summed E-state index contributed by atoms with van der Waals surface area (Å²) in [7, 11) is 3.71. The van der Waals surface area contributed by atoms with Gasteiger partial charge in [-0.1, -0.05) is 71.0 Å². The van der Waals surface area contributed by atoms with E-state index in [0.29, 0.717) is 12.2 Å². The smallest absolute Gasteiger partial charge is 0.333 e. The van der Waals surface area contributed by atoms with E-state index < -0.39 is 23.5 Å².